The van der Waals surface area contributed by atoms with E-state index in [1.54, 1.807) is 17.0 Å². The fourth-order valence-corrected chi connectivity index (χ4v) is 5.01. The first kappa shape index (κ1) is 26.7. The summed E-state index contributed by atoms with van der Waals surface area (Å²) >= 11 is 6.44. The maximum Gasteiger partial charge on any atom is 0.410 e. The van der Waals surface area contributed by atoms with Crippen LogP contribution in [0.25, 0.3) is 11.1 Å². The minimum atomic E-state index is -0.512. The van der Waals surface area contributed by atoms with Crippen molar-refractivity contribution in [1.29, 1.82) is 5.26 Å². The Morgan fingerprint density at radius 1 is 1.00 bits per heavy atom. The number of likely N-dealkylation sites (tertiary alicyclic amines) is 1. The Labute approximate surface area is 224 Å². The molecular formula is C31H33ClN2O3. The fourth-order valence-electron chi connectivity index (χ4n) is 4.75. The van der Waals surface area contributed by atoms with E-state index in [1.165, 1.54) is 5.56 Å². The molecule has 0 saturated carbocycles. The van der Waals surface area contributed by atoms with Gasteiger partial charge in [0.05, 0.1) is 24.8 Å². The SMILES string of the molecule is CC(C)(C)OC(=O)N1CCC(COCc2cc(Cl)cc(-c3ccc(C#N)cc3)c2)(c2ccccc2)CC1. The Bertz CT molecular complexity index is 1250. The zero-order chi connectivity index (χ0) is 26.5. The van der Waals surface area contributed by atoms with Crippen LogP contribution in [0, 0.1) is 11.3 Å². The van der Waals surface area contributed by atoms with Crippen LogP contribution in [-0.4, -0.2) is 36.3 Å². The third kappa shape index (κ3) is 6.91. The normalized spacial score (nSPS) is 15.2. The zero-order valence-corrected chi connectivity index (χ0v) is 22.4. The third-order valence-electron chi connectivity index (χ3n) is 6.71. The van der Waals surface area contributed by atoms with Crippen LogP contribution in [0.4, 0.5) is 4.79 Å². The summed E-state index contributed by atoms with van der Waals surface area (Å²) in [7, 11) is 0. The quantitative estimate of drug-likeness (QED) is 0.343. The number of piperidine rings is 1. The summed E-state index contributed by atoms with van der Waals surface area (Å²) in [5, 5.41) is 9.71. The van der Waals surface area contributed by atoms with Gasteiger partial charge in [0.25, 0.3) is 0 Å². The molecule has 0 unspecified atom stereocenters. The number of nitrogens with zero attached hydrogens (tertiary/aromatic N) is 2. The number of halogens is 1. The van der Waals surface area contributed by atoms with Gasteiger partial charge in [0, 0.05) is 23.5 Å². The molecule has 0 atom stereocenters. The highest BCUT2D eigenvalue weighted by molar-refractivity contribution is 6.31. The Morgan fingerprint density at radius 2 is 1.68 bits per heavy atom. The second kappa shape index (κ2) is 11.4. The minimum absolute atomic E-state index is 0.186. The number of ether oxygens (including phenoxy) is 2. The van der Waals surface area contributed by atoms with Crippen molar-refractivity contribution < 1.29 is 14.3 Å². The Balaban J connectivity index is 1.46. The van der Waals surface area contributed by atoms with Crippen LogP contribution >= 0.6 is 11.6 Å². The van der Waals surface area contributed by atoms with E-state index >= 15 is 0 Å². The second-order valence-electron chi connectivity index (χ2n) is 10.6. The minimum Gasteiger partial charge on any atom is -0.444 e. The van der Waals surface area contributed by atoms with E-state index in [4.69, 9.17) is 26.3 Å². The van der Waals surface area contributed by atoms with Crippen LogP contribution in [-0.2, 0) is 21.5 Å². The van der Waals surface area contributed by atoms with Gasteiger partial charge < -0.3 is 14.4 Å². The lowest BCUT2D eigenvalue weighted by molar-refractivity contribution is 0.00334. The average Bonchev–Trinajstić information content (AvgIpc) is 2.88. The van der Waals surface area contributed by atoms with Gasteiger partial charge in [0.1, 0.15) is 5.60 Å². The number of hydrogen-bond acceptors (Lipinski definition) is 4. The lowest BCUT2D eigenvalue weighted by Crippen LogP contribution is -2.48. The Morgan fingerprint density at radius 3 is 2.30 bits per heavy atom. The van der Waals surface area contributed by atoms with Gasteiger partial charge in [-0.3, -0.25) is 0 Å². The molecule has 1 amide bonds. The highest BCUT2D eigenvalue weighted by Gasteiger charge is 2.38. The van der Waals surface area contributed by atoms with Gasteiger partial charge in [-0.1, -0.05) is 54.1 Å². The van der Waals surface area contributed by atoms with Crippen molar-refractivity contribution >= 4 is 17.7 Å². The predicted octanol–water partition coefficient (Wildman–Crippen LogP) is 7.36. The summed E-state index contributed by atoms with van der Waals surface area (Å²) in [6.07, 6.45) is 1.33. The number of amides is 1. The smallest absolute Gasteiger partial charge is 0.410 e. The van der Waals surface area contributed by atoms with Gasteiger partial charge in [0.15, 0.2) is 0 Å². The molecule has 3 aromatic carbocycles. The van der Waals surface area contributed by atoms with Crippen LogP contribution in [0.15, 0.2) is 72.8 Å². The standard InChI is InChI=1S/C31H33ClN2O3/c1-30(2,3)37-29(35)34-15-13-31(14-16-34,27-7-5-4-6-8-27)22-36-21-24-17-26(19-28(32)18-24)25-11-9-23(20-33)10-12-25/h4-12,17-19H,13-16,21-22H2,1-3H3. The van der Waals surface area contributed by atoms with Crippen molar-refractivity contribution in [3.63, 3.8) is 0 Å². The summed E-state index contributed by atoms with van der Waals surface area (Å²) in [4.78, 5) is 14.4. The van der Waals surface area contributed by atoms with Gasteiger partial charge in [-0.25, -0.2) is 4.79 Å². The van der Waals surface area contributed by atoms with Crippen LogP contribution in [0.5, 0.6) is 0 Å². The number of hydrogen-bond donors (Lipinski definition) is 0. The van der Waals surface area contributed by atoms with Gasteiger partial charge in [-0.15, -0.1) is 0 Å². The van der Waals surface area contributed by atoms with E-state index in [-0.39, 0.29) is 11.5 Å². The van der Waals surface area contributed by atoms with Crippen LogP contribution in [0.1, 0.15) is 50.3 Å². The first-order valence-corrected chi connectivity index (χ1v) is 13.0. The van der Waals surface area contributed by atoms with E-state index in [1.807, 2.05) is 51.1 Å². The van der Waals surface area contributed by atoms with Crippen molar-refractivity contribution in [3.05, 3.63) is 94.5 Å². The molecule has 0 N–H and O–H groups in total. The molecule has 1 heterocycles. The number of carbonyl (C=O) groups is 1. The predicted molar refractivity (Wildman–Crippen MR) is 146 cm³/mol. The molecule has 192 valence electrons. The molecule has 0 spiro atoms. The van der Waals surface area contributed by atoms with Gasteiger partial charge in [-0.05, 0) is 86.2 Å². The molecule has 1 fully saturated rings. The maximum absolute atomic E-state index is 12.6. The molecule has 1 aliphatic rings. The Hall–Kier alpha value is -3.33. The highest BCUT2D eigenvalue weighted by Crippen LogP contribution is 2.37. The molecule has 1 saturated heterocycles. The largest absolute Gasteiger partial charge is 0.444 e. The first-order chi connectivity index (χ1) is 17.7. The molecule has 4 rings (SSSR count). The van der Waals surface area contributed by atoms with Gasteiger partial charge >= 0.3 is 6.09 Å². The molecule has 0 bridgehead atoms. The van der Waals surface area contributed by atoms with Crippen molar-refractivity contribution in [3.8, 4) is 17.2 Å². The van der Waals surface area contributed by atoms with Crippen molar-refractivity contribution in [1.82, 2.24) is 4.90 Å². The van der Waals surface area contributed by atoms with Gasteiger partial charge in [-0.2, -0.15) is 5.26 Å². The number of nitriles is 1. The van der Waals surface area contributed by atoms with Crippen LogP contribution in [0.3, 0.4) is 0 Å². The van der Waals surface area contributed by atoms with E-state index in [9.17, 15) is 4.79 Å². The fraction of sp³-hybridized carbons (Fsp3) is 0.355. The lowest BCUT2D eigenvalue weighted by atomic mass is 9.73. The molecule has 6 heteroatoms. The molecule has 3 aromatic rings. The monoisotopic (exact) mass is 516 g/mol. The average molecular weight is 517 g/mol. The summed E-state index contributed by atoms with van der Waals surface area (Å²) in [5.41, 5.74) is 4.12. The summed E-state index contributed by atoms with van der Waals surface area (Å²) in [6.45, 7) is 7.87. The van der Waals surface area contributed by atoms with E-state index < -0.39 is 5.60 Å². The van der Waals surface area contributed by atoms with E-state index in [0.717, 1.165) is 29.5 Å². The molecule has 0 radical (unpaired) electrons. The number of rotatable bonds is 6. The van der Waals surface area contributed by atoms with Crippen LogP contribution < -0.4 is 0 Å². The van der Waals surface area contributed by atoms with Gasteiger partial charge in [0.2, 0.25) is 0 Å². The lowest BCUT2D eigenvalue weighted by Gasteiger charge is -2.42. The van der Waals surface area contributed by atoms with Crippen molar-refractivity contribution in [2.75, 3.05) is 19.7 Å². The summed E-state index contributed by atoms with van der Waals surface area (Å²) in [5.74, 6) is 0. The number of carbonyl (C=O) groups excluding carboxylic acids is 1. The van der Waals surface area contributed by atoms with Crippen molar-refractivity contribution in [2.24, 2.45) is 0 Å². The highest BCUT2D eigenvalue weighted by atomic mass is 35.5. The van der Waals surface area contributed by atoms with E-state index in [0.29, 0.717) is 36.9 Å². The molecule has 0 aliphatic carbocycles. The first-order valence-electron chi connectivity index (χ1n) is 12.6. The molecule has 5 nitrogen and oxygen atoms in total. The topological polar surface area (TPSA) is 62.6 Å². The molecule has 1 aliphatic heterocycles. The van der Waals surface area contributed by atoms with E-state index in [2.05, 4.69) is 36.4 Å². The molecular weight excluding hydrogens is 484 g/mol. The second-order valence-corrected chi connectivity index (χ2v) is 11.1. The molecule has 37 heavy (non-hydrogen) atoms. The third-order valence-corrected chi connectivity index (χ3v) is 6.93. The Kier molecular flexibility index (Phi) is 8.22. The van der Waals surface area contributed by atoms with Crippen molar-refractivity contribution in [2.45, 2.75) is 51.2 Å². The molecule has 0 aromatic heterocycles. The zero-order valence-electron chi connectivity index (χ0n) is 21.7. The number of benzene rings is 3. The maximum atomic E-state index is 12.6. The summed E-state index contributed by atoms with van der Waals surface area (Å²) in [6, 6.07) is 26.0. The summed E-state index contributed by atoms with van der Waals surface area (Å²) < 4.78 is 11.9. The van der Waals surface area contributed by atoms with Crippen LogP contribution in [0.2, 0.25) is 5.02 Å².